The zero-order valence-electron chi connectivity index (χ0n) is 18.8. The molecule has 0 radical (unpaired) electrons. The van der Waals surface area contributed by atoms with Gasteiger partial charge in [-0.1, -0.05) is 17.3 Å². The minimum atomic E-state index is -0.269. The molecule has 1 fully saturated rings. The summed E-state index contributed by atoms with van der Waals surface area (Å²) in [5.74, 6) is 2.37. The normalized spacial score (nSPS) is 16.1. The predicted octanol–water partition coefficient (Wildman–Crippen LogP) is 3.95. The second-order valence-electron chi connectivity index (χ2n) is 8.00. The molecule has 1 aliphatic rings. The lowest BCUT2D eigenvalue weighted by molar-refractivity contribution is 0.0800. The highest BCUT2D eigenvalue weighted by molar-refractivity contribution is 5.55. The Kier molecular flexibility index (Phi) is 7.02. The molecule has 7 nitrogen and oxygen atoms in total. The molecule has 0 spiro atoms. The lowest BCUT2D eigenvalue weighted by Gasteiger charge is -2.36. The van der Waals surface area contributed by atoms with Crippen molar-refractivity contribution >= 4 is 0 Å². The summed E-state index contributed by atoms with van der Waals surface area (Å²) in [6, 6.07) is 12.6. The van der Waals surface area contributed by atoms with Crippen molar-refractivity contribution in [1.82, 2.24) is 19.9 Å². The number of rotatable bonds is 8. The van der Waals surface area contributed by atoms with Gasteiger partial charge in [0.15, 0.2) is 0 Å². The molecular formula is C24H29FN4O3. The van der Waals surface area contributed by atoms with E-state index in [2.05, 4.69) is 26.9 Å². The summed E-state index contributed by atoms with van der Waals surface area (Å²) in [6.07, 6.45) is 0. The first-order valence-electron chi connectivity index (χ1n) is 10.9. The van der Waals surface area contributed by atoms with Gasteiger partial charge in [-0.3, -0.25) is 9.80 Å². The van der Waals surface area contributed by atoms with Crippen LogP contribution in [0.25, 0.3) is 11.4 Å². The van der Waals surface area contributed by atoms with E-state index < -0.39 is 0 Å². The van der Waals surface area contributed by atoms with Crippen LogP contribution in [0, 0.1) is 12.7 Å². The second kappa shape index (κ2) is 10.1. The van der Waals surface area contributed by atoms with Gasteiger partial charge in [-0.05, 0) is 49.7 Å². The fourth-order valence-electron chi connectivity index (χ4n) is 3.75. The molecule has 1 atom stereocenters. The first-order chi connectivity index (χ1) is 15.5. The number of hydrogen-bond donors (Lipinski definition) is 0. The largest absolute Gasteiger partial charge is 0.497 e. The van der Waals surface area contributed by atoms with E-state index in [1.165, 1.54) is 6.07 Å². The van der Waals surface area contributed by atoms with Crippen LogP contribution >= 0.6 is 0 Å². The maximum atomic E-state index is 13.9. The number of piperazine rings is 1. The van der Waals surface area contributed by atoms with Crippen molar-refractivity contribution < 1.29 is 18.4 Å². The Hall–Kier alpha value is -2.97. The van der Waals surface area contributed by atoms with E-state index in [9.17, 15) is 4.39 Å². The number of halogens is 1. The smallest absolute Gasteiger partial charge is 0.244 e. The fraction of sp³-hybridized carbons (Fsp3) is 0.417. The van der Waals surface area contributed by atoms with Crippen molar-refractivity contribution in [3.63, 3.8) is 0 Å². The lowest BCUT2D eigenvalue weighted by atomic mass is 10.1. The molecule has 0 aliphatic carbocycles. The fourth-order valence-corrected chi connectivity index (χ4v) is 3.75. The van der Waals surface area contributed by atoms with Crippen LogP contribution in [0.2, 0.25) is 0 Å². The van der Waals surface area contributed by atoms with Gasteiger partial charge in [0.05, 0.1) is 13.2 Å². The van der Waals surface area contributed by atoms with Crippen molar-refractivity contribution in [2.45, 2.75) is 19.9 Å². The molecule has 1 saturated heterocycles. The highest BCUT2D eigenvalue weighted by atomic mass is 19.1. The van der Waals surface area contributed by atoms with Crippen molar-refractivity contribution in [2.24, 2.45) is 0 Å². The number of aromatic nitrogens is 2. The quantitative estimate of drug-likeness (QED) is 0.526. The van der Waals surface area contributed by atoms with Crippen LogP contribution in [0.5, 0.6) is 11.5 Å². The molecule has 0 bridgehead atoms. The number of hydrogen-bond acceptors (Lipinski definition) is 7. The van der Waals surface area contributed by atoms with Gasteiger partial charge in [0, 0.05) is 38.3 Å². The Bertz CT molecular complexity index is 1020. The van der Waals surface area contributed by atoms with Gasteiger partial charge in [-0.15, -0.1) is 0 Å². The van der Waals surface area contributed by atoms with E-state index in [1.54, 1.807) is 20.1 Å². The second-order valence-corrected chi connectivity index (χ2v) is 8.00. The zero-order valence-corrected chi connectivity index (χ0v) is 18.8. The third-order valence-corrected chi connectivity index (χ3v) is 5.92. The van der Waals surface area contributed by atoms with E-state index in [0.29, 0.717) is 29.4 Å². The SMILES string of the molecule is COc1ccc(OCCN2CCN([C@@H](C)c3nc(-c4ccc(C)c(F)c4)no3)CC2)cc1. The number of ether oxygens (including phenoxy) is 2. The molecular weight excluding hydrogens is 411 g/mol. The van der Waals surface area contributed by atoms with E-state index in [1.807, 2.05) is 30.3 Å². The van der Waals surface area contributed by atoms with Gasteiger partial charge in [-0.25, -0.2) is 4.39 Å². The van der Waals surface area contributed by atoms with E-state index in [-0.39, 0.29) is 11.9 Å². The van der Waals surface area contributed by atoms with Gasteiger partial charge in [0.25, 0.3) is 0 Å². The molecule has 0 unspecified atom stereocenters. The molecule has 4 rings (SSSR count). The van der Waals surface area contributed by atoms with Gasteiger partial charge in [0.2, 0.25) is 11.7 Å². The minimum absolute atomic E-state index is 0.00393. The number of aryl methyl sites for hydroxylation is 1. The van der Waals surface area contributed by atoms with Crippen molar-refractivity contribution in [3.05, 3.63) is 59.7 Å². The highest BCUT2D eigenvalue weighted by Crippen LogP contribution is 2.24. The Morgan fingerprint density at radius 3 is 2.47 bits per heavy atom. The summed E-state index contributed by atoms with van der Waals surface area (Å²) in [6.45, 7) is 9.01. The average Bonchev–Trinajstić information content (AvgIpc) is 3.32. The molecule has 0 N–H and O–H groups in total. The summed E-state index contributed by atoms with van der Waals surface area (Å²) in [4.78, 5) is 9.23. The van der Waals surface area contributed by atoms with Crippen LogP contribution in [-0.2, 0) is 0 Å². The number of nitrogens with zero attached hydrogens (tertiary/aromatic N) is 4. The van der Waals surface area contributed by atoms with Crippen molar-refractivity contribution in [1.29, 1.82) is 0 Å². The predicted molar refractivity (Wildman–Crippen MR) is 119 cm³/mol. The first-order valence-corrected chi connectivity index (χ1v) is 10.9. The summed E-state index contributed by atoms with van der Waals surface area (Å²) in [5, 5.41) is 4.05. The van der Waals surface area contributed by atoms with Gasteiger partial charge in [0.1, 0.15) is 23.9 Å². The summed E-state index contributed by atoms with van der Waals surface area (Å²) >= 11 is 0. The Morgan fingerprint density at radius 1 is 1.06 bits per heavy atom. The lowest BCUT2D eigenvalue weighted by Crippen LogP contribution is -2.48. The average molecular weight is 441 g/mol. The van der Waals surface area contributed by atoms with Gasteiger partial charge in [-0.2, -0.15) is 4.98 Å². The summed E-state index contributed by atoms with van der Waals surface area (Å²) < 4.78 is 30.4. The molecule has 1 aliphatic heterocycles. The van der Waals surface area contributed by atoms with Crippen LogP contribution in [0.3, 0.4) is 0 Å². The maximum Gasteiger partial charge on any atom is 0.244 e. The Labute approximate surface area is 187 Å². The van der Waals surface area contributed by atoms with Crippen molar-refractivity contribution in [2.75, 3.05) is 46.4 Å². The first kappa shape index (κ1) is 22.2. The van der Waals surface area contributed by atoms with E-state index in [4.69, 9.17) is 14.0 Å². The third kappa shape index (κ3) is 5.26. The molecule has 0 saturated carbocycles. The Morgan fingerprint density at radius 2 is 1.78 bits per heavy atom. The summed E-state index contributed by atoms with van der Waals surface area (Å²) in [5.41, 5.74) is 1.22. The van der Waals surface area contributed by atoms with Gasteiger partial charge < -0.3 is 14.0 Å². The van der Waals surface area contributed by atoms with Crippen LogP contribution in [0.15, 0.2) is 47.0 Å². The molecule has 2 aromatic carbocycles. The van der Waals surface area contributed by atoms with Gasteiger partial charge >= 0.3 is 0 Å². The number of benzene rings is 2. The third-order valence-electron chi connectivity index (χ3n) is 5.92. The van der Waals surface area contributed by atoms with Crippen LogP contribution in [0.1, 0.15) is 24.4 Å². The molecule has 2 heterocycles. The molecule has 3 aromatic rings. The maximum absolute atomic E-state index is 13.9. The molecule has 32 heavy (non-hydrogen) atoms. The molecule has 0 amide bonds. The Balaban J connectivity index is 1.25. The zero-order chi connectivity index (χ0) is 22.5. The summed E-state index contributed by atoms with van der Waals surface area (Å²) in [7, 11) is 1.65. The van der Waals surface area contributed by atoms with E-state index in [0.717, 1.165) is 44.2 Å². The number of methoxy groups -OCH3 is 1. The van der Waals surface area contributed by atoms with Crippen LogP contribution < -0.4 is 9.47 Å². The molecule has 8 heteroatoms. The van der Waals surface area contributed by atoms with E-state index >= 15 is 0 Å². The van der Waals surface area contributed by atoms with Crippen molar-refractivity contribution in [3.8, 4) is 22.9 Å². The minimum Gasteiger partial charge on any atom is -0.497 e. The topological polar surface area (TPSA) is 63.9 Å². The molecule has 1 aromatic heterocycles. The monoisotopic (exact) mass is 440 g/mol. The molecule has 170 valence electrons. The van der Waals surface area contributed by atoms with Crippen LogP contribution in [0.4, 0.5) is 4.39 Å². The van der Waals surface area contributed by atoms with Crippen LogP contribution in [-0.4, -0.2) is 66.4 Å². The standard InChI is InChI=1S/C24H29FN4O3/c1-17-4-5-19(16-22(17)25)23-26-24(32-27-23)18(2)29-12-10-28(11-13-29)14-15-31-21-8-6-20(30-3)7-9-21/h4-9,16,18H,10-15H2,1-3H3/t18-/m0/s1. The highest BCUT2D eigenvalue weighted by Gasteiger charge is 2.26.